The molecule has 0 fully saturated rings. The molecular formula is C22H15N3O3. The van der Waals surface area contributed by atoms with Gasteiger partial charge in [0.25, 0.3) is 5.56 Å². The fourth-order valence-corrected chi connectivity index (χ4v) is 3.38. The molecule has 5 aromatic rings. The normalized spacial score (nSPS) is 11.3. The van der Waals surface area contributed by atoms with Gasteiger partial charge in [-0.15, -0.1) is 0 Å². The third kappa shape index (κ3) is 2.72. The molecule has 0 atom stereocenters. The topological polar surface area (TPSA) is 77.1 Å². The van der Waals surface area contributed by atoms with Crippen LogP contribution < -0.4 is 10.9 Å². The molecule has 2 aromatic heterocycles. The van der Waals surface area contributed by atoms with Crippen molar-refractivity contribution in [3.8, 4) is 0 Å². The molecule has 0 aliphatic carbocycles. The van der Waals surface area contributed by atoms with Crippen molar-refractivity contribution in [1.82, 2.24) is 9.55 Å². The third-order valence-corrected chi connectivity index (χ3v) is 4.71. The molecule has 6 heteroatoms. The number of aromatic nitrogens is 2. The molecule has 1 amide bonds. The Bertz CT molecular complexity index is 1420. The predicted molar refractivity (Wildman–Crippen MR) is 108 cm³/mol. The molecule has 0 aliphatic rings. The summed E-state index contributed by atoms with van der Waals surface area (Å²) in [4.78, 5) is 29.3. The predicted octanol–water partition coefficient (Wildman–Crippen LogP) is 3.93. The van der Waals surface area contributed by atoms with Gasteiger partial charge in [0.15, 0.2) is 0 Å². The first-order chi connectivity index (χ1) is 13.7. The molecule has 1 N–H and O–H groups in total. The van der Waals surface area contributed by atoms with Crippen LogP contribution in [0.3, 0.4) is 0 Å². The average molecular weight is 369 g/mol. The van der Waals surface area contributed by atoms with Crippen LogP contribution in [0.15, 0.2) is 82.3 Å². The van der Waals surface area contributed by atoms with Crippen LogP contribution in [0.5, 0.6) is 0 Å². The first kappa shape index (κ1) is 16.3. The summed E-state index contributed by atoms with van der Waals surface area (Å²) in [5.74, 6) is -0.300. The quantitative estimate of drug-likeness (QED) is 0.523. The average Bonchev–Trinajstić information content (AvgIpc) is 3.08. The Balaban J connectivity index is 1.43. The van der Waals surface area contributed by atoms with Crippen molar-refractivity contribution in [1.29, 1.82) is 0 Å². The zero-order chi connectivity index (χ0) is 19.1. The van der Waals surface area contributed by atoms with E-state index in [1.54, 1.807) is 24.3 Å². The summed E-state index contributed by atoms with van der Waals surface area (Å²) in [6, 6.07) is 20.3. The van der Waals surface area contributed by atoms with Crippen LogP contribution >= 0.6 is 0 Å². The summed E-state index contributed by atoms with van der Waals surface area (Å²) in [5, 5.41) is 5.25. The largest absolute Gasteiger partial charge is 0.456 e. The van der Waals surface area contributed by atoms with Crippen LogP contribution in [0.4, 0.5) is 5.69 Å². The second-order valence-electron chi connectivity index (χ2n) is 6.55. The first-order valence-corrected chi connectivity index (χ1v) is 8.84. The molecule has 2 heterocycles. The van der Waals surface area contributed by atoms with Crippen LogP contribution in [-0.4, -0.2) is 15.5 Å². The van der Waals surface area contributed by atoms with Gasteiger partial charge in [-0.2, -0.15) is 0 Å². The summed E-state index contributed by atoms with van der Waals surface area (Å²) in [6.07, 6.45) is 1.40. The molecule has 0 saturated carbocycles. The molecule has 0 aliphatic heterocycles. The zero-order valence-electron chi connectivity index (χ0n) is 14.8. The van der Waals surface area contributed by atoms with Crippen LogP contribution in [-0.2, 0) is 11.3 Å². The van der Waals surface area contributed by atoms with E-state index in [9.17, 15) is 9.59 Å². The lowest BCUT2D eigenvalue weighted by Gasteiger charge is -2.08. The van der Waals surface area contributed by atoms with Gasteiger partial charge in [-0.05, 0) is 36.4 Å². The Kier molecular flexibility index (Phi) is 3.69. The Morgan fingerprint density at radius 1 is 0.929 bits per heavy atom. The third-order valence-electron chi connectivity index (χ3n) is 4.71. The molecule has 3 aromatic carbocycles. The molecule has 0 bridgehead atoms. The maximum absolute atomic E-state index is 12.5. The fraction of sp³-hybridized carbons (Fsp3) is 0.0455. The van der Waals surface area contributed by atoms with E-state index in [4.69, 9.17) is 4.42 Å². The standard InChI is InChI=1S/C22H15N3O3/c26-21(12-25-13-23-18-7-3-1-6-16(18)22(25)27)24-14-9-10-20-17(11-14)15-5-2-4-8-19(15)28-20/h1-11,13H,12H2,(H,24,26). The Morgan fingerprint density at radius 3 is 2.57 bits per heavy atom. The molecular weight excluding hydrogens is 354 g/mol. The van der Waals surface area contributed by atoms with E-state index >= 15 is 0 Å². The number of amides is 1. The number of benzene rings is 3. The van der Waals surface area contributed by atoms with E-state index in [1.165, 1.54) is 10.9 Å². The summed E-state index contributed by atoms with van der Waals surface area (Å²) in [7, 11) is 0. The van der Waals surface area contributed by atoms with E-state index in [0.29, 0.717) is 16.6 Å². The van der Waals surface area contributed by atoms with Crippen molar-refractivity contribution in [2.75, 3.05) is 5.32 Å². The van der Waals surface area contributed by atoms with Crippen molar-refractivity contribution in [2.24, 2.45) is 0 Å². The monoisotopic (exact) mass is 369 g/mol. The number of carbonyl (C=O) groups is 1. The Hall–Kier alpha value is -3.93. The van der Waals surface area contributed by atoms with E-state index in [2.05, 4.69) is 10.3 Å². The number of fused-ring (bicyclic) bond motifs is 4. The molecule has 0 radical (unpaired) electrons. The summed E-state index contributed by atoms with van der Waals surface area (Å²) < 4.78 is 7.11. The SMILES string of the molecule is O=C(Cn1cnc2ccccc2c1=O)Nc1ccc2oc3ccccc3c2c1. The van der Waals surface area contributed by atoms with Gasteiger partial charge in [0.2, 0.25) is 5.91 Å². The van der Waals surface area contributed by atoms with Crippen LogP contribution in [0.1, 0.15) is 0 Å². The van der Waals surface area contributed by atoms with Gasteiger partial charge < -0.3 is 9.73 Å². The maximum Gasteiger partial charge on any atom is 0.261 e. The van der Waals surface area contributed by atoms with Crippen molar-refractivity contribution in [3.63, 3.8) is 0 Å². The highest BCUT2D eigenvalue weighted by molar-refractivity contribution is 6.06. The number of nitrogens with zero attached hydrogens (tertiary/aromatic N) is 2. The summed E-state index contributed by atoms with van der Waals surface area (Å²) in [5.41, 5.74) is 2.58. The number of hydrogen-bond acceptors (Lipinski definition) is 4. The van der Waals surface area contributed by atoms with Crippen molar-refractivity contribution in [2.45, 2.75) is 6.54 Å². The lowest BCUT2D eigenvalue weighted by Crippen LogP contribution is -2.27. The molecule has 0 unspecified atom stereocenters. The molecule has 6 nitrogen and oxygen atoms in total. The van der Waals surface area contributed by atoms with Crippen molar-refractivity contribution in [3.05, 3.63) is 83.4 Å². The lowest BCUT2D eigenvalue weighted by molar-refractivity contribution is -0.116. The first-order valence-electron chi connectivity index (χ1n) is 8.84. The minimum Gasteiger partial charge on any atom is -0.456 e. The number of furan rings is 1. The van der Waals surface area contributed by atoms with Crippen LogP contribution in [0.2, 0.25) is 0 Å². The van der Waals surface area contributed by atoms with E-state index in [-0.39, 0.29) is 18.0 Å². The van der Waals surface area contributed by atoms with Gasteiger partial charge in [-0.25, -0.2) is 4.98 Å². The van der Waals surface area contributed by atoms with Gasteiger partial charge >= 0.3 is 0 Å². The second kappa shape index (κ2) is 6.35. The summed E-state index contributed by atoms with van der Waals surface area (Å²) in [6.45, 7) is -0.110. The minimum atomic E-state index is -0.300. The highest BCUT2D eigenvalue weighted by atomic mass is 16.3. The van der Waals surface area contributed by atoms with Gasteiger partial charge in [0.05, 0.1) is 17.2 Å². The molecule has 28 heavy (non-hydrogen) atoms. The highest BCUT2D eigenvalue weighted by Gasteiger charge is 2.11. The van der Waals surface area contributed by atoms with E-state index < -0.39 is 0 Å². The number of anilines is 1. The molecule has 5 rings (SSSR count). The van der Waals surface area contributed by atoms with Gasteiger partial charge in [-0.1, -0.05) is 30.3 Å². The van der Waals surface area contributed by atoms with Crippen LogP contribution in [0, 0.1) is 0 Å². The number of carbonyl (C=O) groups excluding carboxylic acids is 1. The second-order valence-corrected chi connectivity index (χ2v) is 6.55. The van der Waals surface area contributed by atoms with Crippen molar-refractivity contribution < 1.29 is 9.21 Å². The Morgan fingerprint density at radius 2 is 1.68 bits per heavy atom. The number of rotatable bonds is 3. The van der Waals surface area contributed by atoms with Gasteiger partial charge in [0.1, 0.15) is 17.7 Å². The fourth-order valence-electron chi connectivity index (χ4n) is 3.38. The molecule has 0 spiro atoms. The molecule has 136 valence electrons. The minimum absolute atomic E-state index is 0.110. The van der Waals surface area contributed by atoms with Crippen molar-refractivity contribution >= 4 is 44.4 Å². The smallest absolute Gasteiger partial charge is 0.261 e. The zero-order valence-corrected chi connectivity index (χ0v) is 14.8. The molecule has 0 saturated heterocycles. The lowest BCUT2D eigenvalue weighted by atomic mass is 10.1. The highest BCUT2D eigenvalue weighted by Crippen LogP contribution is 2.30. The van der Waals surface area contributed by atoms with E-state index in [0.717, 1.165) is 21.9 Å². The van der Waals surface area contributed by atoms with Crippen LogP contribution in [0.25, 0.3) is 32.8 Å². The number of nitrogens with one attached hydrogen (secondary N) is 1. The number of para-hydroxylation sites is 2. The maximum atomic E-state index is 12.5. The number of hydrogen-bond donors (Lipinski definition) is 1. The Labute approximate surface area is 159 Å². The van der Waals surface area contributed by atoms with Gasteiger partial charge in [0, 0.05) is 16.5 Å². The van der Waals surface area contributed by atoms with E-state index in [1.807, 2.05) is 42.5 Å². The van der Waals surface area contributed by atoms with Gasteiger partial charge in [-0.3, -0.25) is 14.2 Å². The summed E-state index contributed by atoms with van der Waals surface area (Å²) >= 11 is 0.